The minimum atomic E-state index is -1.97. The first-order valence-electron chi connectivity index (χ1n) is 11.3. The first kappa shape index (κ1) is 21.3. The van der Waals surface area contributed by atoms with E-state index in [1.807, 2.05) is 12.3 Å². The van der Waals surface area contributed by atoms with Gasteiger partial charge < -0.3 is 0 Å². The third-order valence-electron chi connectivity index (χ3n) is 6.40. The number of fused-ring (bicyclic) bond motifs is 2. The van der Waals surface area contributed by atoms with Crippen molar-refractivity contribution < 1.29 is 0 Å². The van der Waals surface area contributed by atoms with Crippen LogP contribution in [0.4, 0.5) is 0 Å². The van der Waals surface area contributed by atoms with Crippen LogP contribution in [0.15, 0.2) is 134 Å². The molecule has 0 fully saturated rings. The van der Waals surface area contributed by atoms with E-state index >= 15 is 0 Å². The van der Waals surface area contributed by atoms with Crippen LogP contribution in [0.2, 0.25) is 0 Å². The summed E-state index contributed by atoms with van der Waals surface area (Å²) < 4.78 is 0. The Hall–Kier alpha value is -3.28. The third kappa shape index (κ3) is 3.56. The maximum absolute atomic E-state index is 4.66. The second-order valence-corrected chi connectivity index (χ2v) is 14.6. The van der Waals surface area contributed by atoms with E-state index in [1.165, 1.54) is 37.8 Å². The van der Waals surface area contributed by atoms with Gasteiger partial charge >= 0.3 is 208 Å². The fraction of sp³-hybridized carbons (Fsp3) is 0. The Balaban J connectivity index is 1.55. The van der Waals surface area contributed by atoms with Crippen LogP contribution in [0.1, 0.15) is 0 Å². The number of nitrogens with zero attached hydrogens (tertiary/aromatic N) is 1. The first-order valence-corrected chi connectivity index (χ1v) is 15.3. The molecule has 5 aromatic carbocycles. The van der Waals surface area contributed by atoms with Crippen LogP contribution >= 0.6 is 5.51 Å². The Morgan fingerprint density at radius 2 is 1.18 bits per heavy atom. The average Bonchev–Trinajstić information content (AvgIpc) is 2.92. The average molecular weight is 518 g/mol. The molecule has 0 saturated carbocycles. The fourth-order valence-corrected chi connectivity index (χ4v) is 10.1. The van der Waals surface area contributed by atoms with E-state index in [4.69, 9.17) is 0 Å². The summed E-state index contributed by atoms with van der Waals surface area (Å²) in [6, 6.07) is 45.9. The molecule has 162 valence electrons. The topological polar surface area (TPSA) is 12.9 Å². The number of hydrogen-bond donors (Lipinski definition) is 0. The van der Waals surface area contributed by atoms with Crippen molar-refractivity contribution in [2.24, 2.45) is 0 Å². The second-order valence-electron chi connectivity index (χ2n) is 8.37. The molecule has 1 aromatic heterocycles. The molecular weight excluding hydrogens is 496 g/mol. The van der Waals surface area contributed by atoms with Crippen LogP contribution in [-0.2, 0) is 0 Å². The summed E-state index contributed by atoms with van der Waals surface area (Å²) in [7, 11) is 0. The molecule has 0 N–H and O–H groups in total. The number of rotatable bonds is 4. The summed E-state index contributed by atoms with van der Waals surface area (Å²) in [6.45, 7) is 0. The molecule has 1 nitrogen and oxygen atoms in total. The molecule has 1 atom stereocenters. The number of pyridine rings is 1. The summed E-state index contributed by atoms with van der Waals surface area (Å²) in [4.78, 5) is 4.66. The van der Waals surface area contributed by atoms with Crippen LogP contribution < -0.4 is 15.9 Å². The van der Waals surface area contributed by atoms with Gasteiger partial charge in [-0.25, -0.2) is 0 Å². The van der Waals surface area contributed by atoms with E-state index in [1.54, 1.807) is 0 Å². The van der Waals surface area contributed by atoms with Crippen LogP contribution in [-0.4, -0.2) is 20.1 Å². The van der Waals surface area contributed by atoms with Gasteiger partial charge in [-0.2, -0.15) is 0 Å². The monoisotopic (exact) mass is 519 g/mol. The van der Waals surface area contributed by atoms with E-state index in [0.717, 1.165) is 10.9 Å². The molecule has 0 aliphatic carbocycles. The summed E-state index contributed by atoms with van der Waals surface area (Å²) in [5, 5.41) is 7.78. The molecule has 0 amide bonds. The second kappa shape index (κ2) is 8.82. The van der Waals surface area contributed by atoms with Gasteiger partial charge in [-0.1, -0.05) is 0 Å². The van der Waals surface area contributed by atoms with E-state index < -0.39 is 5.51 Å². The van der Waals surface area contributed by atoms with Crippen molar-refractivity contribution in [2.75, 3.05) is 0 Å². The molecule has 0 radical (unpaired) electrons. The Labute approximate surface area is 207 Å². The van der Waals surface area contributed by atoms with Gasteiger partial charge in [0.05, 0.1) is 0 Å². The molecule has 0 saturated heterocycles. The van der Waals surface area contributed by atoms with Crippen LogP contribution in [0, 0.1) is 0 Å². The zero-order chi connectivity index (χ0) is 23.0. The normalized spacial score (nSPS) is 13.1. The SMILES string of the molecule is [Se]=P(c1ccccc1)(c1ccc(-c2cccc3cccnc23)cc1)c1cccc2ccccc12. The van der Waals surface area contributed by atoms with Gasteiger partial charge in [-0.05, 0) is 0 Å². The van der Waals surface area contributed by atoms with Gasteiger partial charge in [0, 0.05) is 0 Å². The van der Waals surface area contributed by atoms with Crippen molar-refractivity contribution in [1.29, 1.82) is 0 Å². The Kier molecular flexibility index (Phi) is 5.52. The fourth-order valence-electron chi connectivity index (χ4n) is 4.74. The quantitative estimate of drug-likeness (QED) is 0.194. The predicted octanol–water partition coefficient (Wildman–Crippen LogP) is 6.43. The van der Waals surface area contributed by atoms with Crippen molar-refractivity contribution in [3.8, 4) is 11.1 Å². The molecule has 0 spiro atoms. The van der Waals surface area contributed by atoms with Crippen molar-refractivity contribution in [1.82, 2.24) is 4.98 Å². The van der Waals surface area contributed by atoms with Crippen LogP contribution in [0.3, 0.4) is 0 Å². The molecular formula is C31H22NPSe. The van der Waals surface area contributed by atoms with E-state index in [2.05, 4.69) is 141 Å². The summed E-state index contributed by atoms with van der Waals surface area (Å²) in [5.74, 6) is 0. The number of aromatic nitrogens is 1. The van der Waals surface area contributed by atoms with Crippen molar-refractivity contribution >= 4 is 58.2 Å². The van der Waals surface area contributed by atoms with Crippen LogP contribution in [0.25, 0.3) is 32.8 Å². The Bertz CT molecular complexity index is 1660. The van der Waals surface area contributed by atoms with Gasteiger partial charge in [0.25, 0.3) is 0 Å². The molecule has 1 unspecified atom stereocenters. The van der Waals surface area contributed by atoms with Gasteiger partial charge in [0.15, 0.2) is 0 Å². The van der Waals surface area contributed by atoms with Crippen molar-refractivity contribution in [2.45, 2.75) is 0 Å². The molecule has 1 heterocycles. The van der Waals surface area contributed by atoms with Gasteiger partial charge in [0.2, 0.25) is 0 Å². The summed E-state index contributed by atoms with van der Waals surface area (Å²) in [5.41, 5.74) is 1.42. The number of hydrogen-bond acceptors (Lipinski definition) is 1. The molecule has 6 aromatic rings. The van der Waals surface area contributed by atoms with E-state index in [-0.39, 0.29) is 0 Å². The van der Waals surface area contributed by atoms with Crippen molar-refractivity contribution in [3.05, 3.63) is 134 Å². The van der Waals surface area contributed by atoms with Crippen LogP contribution in [0.5, 0.6) is 0 Å². The van der Waals surface area contributed by atoms with E-state index in [0.29, 0.717) is 0 Å². The number of para-hydroxylation sites is 1. The predicted molar refractivity (Wildman–Crippen MR) is 149 cm³/mol. The van der Waals surface area contributed by atoms with Gasteiger partial charge in [-0.15, -0.1) is 0 Å². The third-order valence-corrected chi connectivity index (χ3v) is 13.4. The van der Waals surface area contributed by atoms with Crippen molar-refractivity contribution in [3.63, 3.8) is 0 Å². The molecule has 6 rings (SSSR count). The Morgan fingerprint density at radius 3 is 2.03 bits per heavy atom. The first-order chi connectivity index (χ1) is 16.7. The zero-order valence-corrected chi connectivity index (χ0v) is 21.1. The zero-order valence-electron chi connectivity index (χ0n) is 18.5. The summed E-state index contributed by atoms with van der Waals surface area (Å²) >= 11 is 3.72. The molecule has 34 heavy (non-hydrogen) atoms. The molecule has 0 aliphatic heterocycles. The molecule has 3 heteroatoms. The van der Waals surface area contributed by atoms with Gasteiger partial charge in [0.1, 0.15) is 0 Å². The number of benzene rings is 5. The standard InChI is InChI=1S/C31H22NPSe/c34-33(26-13-2-1-3-14-26,30-17-7-10-23-9-4-5-15-28(23)30)27-20-18-24(19-21-27)29-16-6-11-25-12-8-22-32-31(25)29/h1-22H. The van der Waals surface area contributed by atoms with E-state index in [9.17, 15) is 0 Å². The molecule has 0 bridgehead atoms. The van der Waals surface area contributed by atoms with Gasteiger partial charge in [-0.3, -0.25) is 0 Å². The maximum atomic E-state index is 4.66. The minimum absolute atomic E-state index is 1.04. The Morgan fingerprint density at radius 1 is 0.529 bits per heavy atom. The molecule has 0 aliphatic rings. The summed E-state index contributed by atoms with van der Waals surface area (Å²) in [6.07, 6.45) is 1.87.